The second-order valence-corrected chi connectivity index (χ2v) is 6.62. The van der Waals surface area contributed by atoms with Crippen molar-refractivity contribution >= 4 is 29.9 Å². The predicted molar refractivity (Wildman–Crippen MR) is 117 cm³/mol. The highest BCUT2D eigenvalue weighted by Gasteiger charge is 2.17. The molecule has 1 aliphatic heterocycles. The first-order valence-corrected chi connectivity index (χ1v) is 9.37. The van der Waals surface area contributed by atoms with Crippen LogP contribution in [0.4, 0.5) is 0 Å². The Hall–Kier alpha value is -0.890. The van der Waals surface area contributed by atoms with Gasteiger partial charge in [0.05, 0.1) is 12.2 Å². The first-order chi connectivity index (χ1) is 11.7. The van der Waals surface area contributed by atoms with E-state index < -0.39 is 0 Å². The number of aromatic nitrogens is 1. The molecule has 0 aromatic carbocycles. The molecule has 1 fully saturated rings. The number of hydrogen-bond donors (Lipinski definition) is 2. The Kier molecular flexibility index (Phi) is 11.0. The van der Waals surface area contributed by atoms with Crippen LogP contribution in [0.3, 0.4) is 0 Å². The van der Waals surface area contributed by atoms with Crippen LogP contribution in [-0.2, 0) is 6.54 Å². The van der Waals surface area contributed by atoms with Gasteiger partial charge in [-0.1, -0.05) is 12.5 Å². The summed E-state index contributed by atoms with van der Waals surface area (Å²) >= 11 is 0. The summed E-state index contributed by atoms with van der Waals surface area (Å²) in [6.45, 7) is 11.4. The van der Waals surface area contributed by atoms with Crippen LogP contribution in [0, 0.1) is 6.92 Å². The minimum absolute atomic E-state index is 0. The Labute approximate surface area is 170 Å². The first-order valence-electron chi connectivity index (χ1n) is 9.37. The number of likely N-dealkylation sites (tertiary alicyclic amines) is 1. The SMILES string of the molecule is CCNC(=NCc1ncccc1C)NCCCN1CCCCC1C.I. The molecule has 1 aromatic heterocycles. The number of hydrogen-bond acceptors (Lipinski definition) is 3. The van der Waals surface area contributed by atoms with Crippen molar-refractivity contribution in [2.45, 2.75) is 59.0 Å². The minimum atomic E-state index is 0. The molecular weight excluding hydrogens is 425 g/mol. The van der Waals surface area contributed by atoms with Crippen molar-refractivity contribution in [1.29, 1.82) is 0 Å². The molecule has 0 amide bonds. The van der Waals surface area contributed by atoms with Gasteiger partial charge in [-0.3, -0.25) is 4.98 Å². The maximum absolute atomic E-state index is 4.66. The van der Waals surface area contributed by atoms with Crippen LogP contribution in [-0.4, -0.2) is 48.1 Å². The molecule has 1 saturated heterocycles. The molecule has 5 nitrogen and oxygen atoms in total. The molecule has 0 saturated carbocycles. The van der Waals surface area contributed by atoms with E-state index in [2.05, 4.69) is 52.3 Å². The van der Waals surface area contributed by atoms with Gasteiger partial charge in [-0.25, -0.2) is 4.99 Å². The summed E-state index contributed by atoms with van der Waals surface area (Å²) in [6, 6.07) is 4.79. The highest BCUT2D eigenvalue weighted by Crippen LogP contribution is 2.16. The van der Waals surface area contributed by atoms with Gasteiger partial charge >= 0.3 is 0 Å². The van der Waals surface area contributed by atoms with E-state index in [-0.39, 0.29) is 24.0 Å². The first kappa shape index (κ1) is 22.2. The maximum atomic E-state index is 4.66. The predicted octanol–water partition coefficient (Wildman–Crippen LogP) is 3.33. The maximum Gasteiger partial charge on any atom is 0.191 e. The summed E-state index contributed by atoms with van der Waals surface area (Å²) in [5.41, 5.74) is 2.23. The zero-order valence-corrected chi connectivity index (χ0v) is 18.3. The monoisotopic (exact) mass is 459 g/mol. The molecule has 0 spiro atoms. The fraction of sp³-hybridized carbons (Fsp3) is 0.684. The van der Waals surface area contributed by atoms with Gasteiger partial charge < -0.3 is 15.5 Å². The quantitative estimate of drug-likeness (QED) is 0.284. The number of pyridine rings is 1. The van der Waals surface area contributed by atoms with Crippen LogP contribution in [0.5, 0.6) is 0 Å². The number of aryl methyl sites for hydroxylation is 1. The van der Waals surface area contributed by atoms with E-state index in [0.717, 1.165) is 37.2 Å². The lowest BCUT2D eigenvalue weighted by molar-refractivity contribution is 0.159. The summed E-state index contributed by atoms with van der Waals surface area (Å²) in [6.07, 6.45) is 7.07. The molecular formula is C19H34IN5. The van der Waals surface area contributed by atoms with Crippen molar-refractivity contribution in [3.8, 4) is 0 Å². The van der Waals surface area contributed by atoms with Crippen molar-refractivity contribution in [2.75, 3.05) is 26.2 Å². The number of aliphatic imine (C=N–C) groups is 1. The zero-order valence-electron chi connectivity index (χ0n) is 15.9. The molecule has 1 aliphatic rings. The second kappa shape index (κ2) is 12.5. The van der Waals surface area contributed by atoms with E-state index in [1.54, 1.807) is 0 Å². The van der Waals surface area contributed by atoms with Crippen molar-refractivity contribution in [2.24, 2.45) is 4.99 Å². The third-order valence-electron chi connectivity index (χ3n) is 4.70. The molecule has 1 unspecified atom stereocenters. The Balaban J connectivity index is 0.00000312. The van der Waals surface area contributed by atoms with E-state index in [0.29, 0.717) is 6.54 Å². The molecule has 2 rings (SSSR count). The highest BCUT2D eigenvalue weighted by molar-refractivity contribution is 14.0. The molecule has 1 aromatic rings. The van der Waals surface area contributed by atoms with Crippen molar-refractivity contribution < 1.29 is 0 Å². The average molecular weight is 459 g/mol. The van der Waals surface area contributed by atoms with Gasteiger partial charge in [0.25, 0.3) is 0 Å². The largest absolute Gasteiger partial charge is 0.357 e. The minimum Gasteiger partial charge on any atom is -0.357 e. The van der Waals surface area contributed by atoms with Gasteiger partial charge in [-0.15, -0.1) is 24.0 Å². The lowest BCUT2D eigenvalue weighted by atomic mass is 10.0. The lowest BCUT2D eigenvalue weighted by Crippen LogP contribution is -2.41. The van der Waals surface area contributed by atoms with Gasteiger partial charge in [-0.2, -0.15) is 0 Å². The van der Waals surface area contributed by atoms with Crippen LogP contribution >= 0.6 is 24.0 Å². The highest BCUT2D eigenvalue weighted by atomic mass is 127. The molecule has 2 N–H and O–H groups in total. The van der Waals surface area contributed by atoms with Gasteiger partial charge in [-0.05, 0) is 58.2 Å². The van der Waals surface area contributed by atoms with Crippen molar-refractivity contribution in [1.82, 2.24) is 20.5 Å². The third-order valence-corrected chi connectivity index (χ3v) is 4.70. The lowest BCUT2D eigenvalue weighted by Gasteiger charge is -2.33. The summed E-state index contributed by atoms with van der Waals surface area (Å²) in [7, 11) is 0. The second-order valence-electron chi connectivity index (χ2n) is 6.62. The number of guanidine groups is 1. The van der Waals surface area contributed by atoms with E-state index in [1.165, 1.54) is 37.9 Å². The summed E-state index contributed by atoms with van der Waals surface area (Å²) in [5, 5.41) is 6.77. The summed E-state index contributed by atoms with van der Waals surface area (Å²) in [5.74, 6) is 0.884. The Morgan fingerprint density at radius 1 is 1.36 bits per heavy atom. The van der Waals surface area contributed by atoms with E-state index in [4.69, 9.17) is 0 Å². The van der Waals surface area contributed by atoms with Crippen LogP contribution in [0.15, 0.2) is 23.3 Å². The fourth-order valence-corrected chi connectivity index (χ4v) is 3.16. The Morgan fingerprint density at radius 3 is 2.92 bits per heavy atom. The van der Waals surface area contributed by atoms with Crippen LogP contribution in [0.25, 0.3) is 0 Å². The Morgan fingerprint density at radius 2 is 2.20 bits per heavy atom. The molecule has 25 heavy (non-hydrogen) atoms. The van der Waals surface area contributed by atoms with E-state index in [1.807, 2.05) is 12.3 Å². The number of nitrogens with zero attached hydrogens (tertiary/aromatic N) is 3. The summed E-state index contributed by atoms with van der Waals surface area (Å²) in [4.78, 5) is 11.7. The fourth-order valence-electron chi connectivity index (χ4n) is 3.16. The van der Waals surface area contributed by atoms with Crippen molar-refractivity contribution in [3.63, 3.8) is 0 Å². The van der Waals surface area contributed by atoms with Gasteiger partial charge in [0, 0.05) is 31.9 Å². The molecule has 2 heterocycles. The van der Waals surface area contributed by atoms with Gasteiger partial charge in [0.1, 0.15) is 0 Å². The van der Waals surface area contributed by atoms with E-state index in [9.17, 15) is 0 Å². The van der Waals surface area contributed by atoms with Gasteiger partial charge in [0.2, 0.25) is 0 Å². The van der Waals surface area contributed by atoms with E-state index >= 15 is 0 Å². The summed E-state index contributed by atoms with van der Waals surface area (Å²) < 4.78 is 0. The number of halogens is 1. The molecule has 6 heteroatoms. The molecule has 0 radical (unpaired) electrons. The zero-order chi connectivity index (χ0) is 17.2. The van der Waals surface area contributed by atoms with Crippen LogP contribution in [0.1, 0.15) is 50.8 Å². The van der Waals surface area contributed by atoms with Gasteiger partial charge in [0.15, 0.2) is 5.96 Å². The number of piperidine rings is 1. The van der Waals surface area contributed by atoms with Crippen LogP contribution in [0.2, 0.25) is 0 Å². The van der Waals surface area contributed by atoms with Crippen molar-refractivity contribution in [3.05, 3.63) is 29.6 Å². The molecule has 142 valence electrons. The standard InChI is InChI=1S/C19H33N5.HI/c1-4-20-19(23-15-18-16(2)9-7-11-21-18)22-12-8-14-24-13-6-5-10-17(24)3;/h7,9,11,17H,4-6,8,10,12-15H2,1-3H3,(H2,20,22,23);1H. The normalized spacial score (nSPS) is 18.5. The van der Waals surface area contributed by atoms with Crippen LogP contribution < -0.4 is 10.6 Å². The Bertz CT molecular complexity index is 520. The number of nitrogens with one attached hydrogen (secondary N) is 2. The molecule has 0 aliphatic carbocycles. The number of rotatable bonds is 7. The molecule has 1 atom stereocenters. The average Bonchev–Trinajstić information content (AvgIpc) is 2.59. The molecule has 0 bridgehead atoms. The third kappa shape index (κ3) is 7.90. The topological polar surface area (TPSA) is 52.6 Å². The smallest absolute Gasteiger partial charge is 0.191 e.